The van der Waals surface area contributed by atoms with E-state index in [-0.39, 0.29) is 22.3 Å². The molecule has 0 spiro atoms. The molecule has 7 heteroatoms. The fraction of sp³-hybridized carbons (Fsp3) is 0.333. The normalized spacial score (nSPS) is 10.6. The molecule has 16 heavy (non-hydrogen) atoms. The zero-order chi connectivity index (χ0) is 12.3. The fourth-order valence-corrected chi connectivity index (χ4v) is 1.59. The van der Waals surface area contributed by atoms with Gasteiger partial charge < -0.3 is 10.5 Å². The van der Waals surface area contributed by atoms with Gasteiger partial charge in [-0.15, -0.1) is 0 Å². The maximum absolute atomic E-state index is 12.6. The summed E-state index contributed by atoms with van der Waals surface area (Å²) < 4.78 is 29.6. The molecule has 1 aromatic rings. The number of carbonyl (C=O) groups is 1. The van der Waals surface area contributed by atoms with E-state index in [1.807, 2.05) is 0 Å². The highest BCUT2D eigenvalue weighted by molar-refractivity contribution is 9.08. The molecule has 2 N–H and O–H groups in total. The molecule has 0 aliphatic carbocycles. The van der Waals surface area contributed by atoms with Crippen molar-refractivity contribution in [1.82, 2.24) is 4.98 Å². The second-order valence-electron chi connectivity index (χ2n) is 2.90. The number of alkyl halides is 3. The van der Waals surface area contributed by atoms with Gasteiger partial charge in [-0.1, -0.05) is 15.9 Å². The van der Waals surface area contributed by atoms with Crippen LogP contribution < -0.4 is 5.73 Å². The highest BCUT2D eigenvalue weighted by atomic mass is 79.9. The molecule has 0 aromatic carbocycles. The molecule has 0 aliphatic rings. The van der Waals surface area contributed by atoms with Crippen LogP contribution in [0.4, 0.5) is 14.5 Å². The molecule has 88 valence electrons. The summed E-state index contributed by atoms with van der Waals surface area (Å²) in [6.45, 7) is 0. The van der Waals surface area contributed by atoms with Crippen LogP contribution in [0.3, 0.4) is 0 Å². The molecular weight excluding hydrogens is 286 g/mol. The Bertz CT molecular complexity index is 413. The molecule has 1 heterocycles. The van der Waals surface area contributed by atoms with Crippen molar-refractivity contribution in [2.24, 2.45) is 0 Å². The van der Waals surface area contributed by atoms with E-state index in [0.717, 1.165) is 7.11 Å². The number of anilines is 1. The van der Waals surface area contributed by atoms with Crippen LogP contribution in [0.25, 0.3) is 0 Å². The third-order valence-electron chi connectivity index (χ3n) is 1.89. The van der Waals surface area contributed by atoms with Gasteiger partial charge in [0.1, 0.15) is 5.69 Å². The minimum atomic E-state index is -2.77. The van der Waals surface area contributed by atoms with E-state index in [9.17, 15) is 13.6 Å². The molecule has 0 aliphatic heterocycles. The van der Waals surface area contributed by atoms with Crippen LogP contribution in [-0.2, 0) is 10.1 Å². The SMILES string of the molecule is COC(=O)c1nc(C(F)F)c(CBr)cc1N. The number of nitrogens with zero attached hydrogens (tertiary/aromatic N) is 1. The average Bonchev–Trinajstić information content (AvgIpc) is 2.27. The summed E-state index contributed by atoms with van der Waals surface area (Å²) in [4.78, 5) is 14.7. The van der Waals surface area contributed by atoms with Gasteiger partial charge in [-0.2, -0.15) is 0 Å². The monoisotopic (exact) mass is 294 g/mol. The second kappa shape index (κ2) is 5.20. The lowest BCUT2D eigenvalue weighted by Crippen LogP contribution is -2.12. The summed E-state index contributed by atoms with van der Waals surface area (Å²) in [5.41, 5.74) is 5.03. The van der Waals surface area contributed by atoms with Gasteiger partial charge in [-0.25, -0.2) is 18.6 Å². The van der Waals surface area contributed by atoms with Crippen LogP contribution >= 0.6 is 15.9 Å². The number of nitrogens with two attached hydrogens (primary N) is 1. The maximum atomic E-state index is 12.6. The number of methoxy groups -OCH3 is 1. The molecule has 0 atom stereocenters. The first-order chi connectivity index (χ1) is 7.51. The Labute approximate surface area is 98.9 Å². The number of esters is 1. The number of hydrogen-bond donors (Lipinski definition) is 1. The van der Waals surface area contributed by atoms with Crippen molar-refractivity contribution >= 4 is 27.6 Å². The molecule has 0 bridgehead atoms. The molecule has 0 amide bonds. The third kappa shape index (κ3) is 2.46. The number of nitrogen functional groups attached to an aromatic ring is 1. The highest BCUT2D eigenvalue weighted by Crippen LogP contribution is 2.26. The molecule has 0 radical (unpaired) electrons. The highest BCUT2D eigenvalue weighted by Gasteiger charge is 2.20. The summed E-state index contributed by atoms with van der Waals surface area (Å²) >= 11 is 3.04. The average molecular weight is 295 g/mol. The van der Waals surface area contributed by atoms with Crippen molar-refractivity contribution in [3.8, 4) is 0 Å². The summed E-state index contributed by atoms with van der Waals surface area (Å²) in [5.74, 6) is -0.833. The third-order valence-corrected chi connectivity index (χ3v) is 2.50. The van der Waals surface area contributed by atoms with Gasteiger partial charge in [-0.3, -0.25) is 0 Å². The lowest BCUT2D eigenvalue weighted by atomic mass is 10.1. The van der Waals surface area contributed by atoms with Crippen molar-refractivity contribution < 1.29 is 18.3 Å². The Balaban J connectivity index is 3.33. The van der Waals surface area contributed by atoms with Gasteiger partial charge in [0.25, 0.3) is 6.43 Å². The zero-order valence-electron chi connectivity index (χ0n) is 8.34. The van der Waals surface area contributed by atoms with Gasteiger partial charge in [0, 0.05) is 5.33 Å². The molecule has 1 aromatic heterocycles. The van der Waals surface area contributed by atoms with E-state index in [0.29, 0.717) is 0 Å². The van der Waals surface area contributed by atoms with Crippen LogP contribution in [0.1, 0.15) is 28.2 Å². The second-order valence-corrected chi connectivity index (χ2v) is 3.46. The van der Waals surface area contributed by atoms with E-state index in [4.69, 9.17) is 5.73 Å². The quantitative estimate of drug-likeness (QED) is 0.686. The fourth-order valence-electron chi connectivity index (χ4n) is 1.14. The predicted molar refractivity (Wildman–Crippen MR) is 57.6 cm³/mol. The number of carbonyl (C=O) groups excluding carboxylic acids is 1. The number of hydrogen-bond acceptors (Lipinski definition) is 4. The van der Waals surface area contributed by atoms with Crippen molar-refractivity contribution in [3.63, 3.8) is 0 Å². The maximum Gasteiger partial charge on any atom is 0.358 e. The standard InChI is InChI=1S/C9H9BrF2N2O2/c1-16-9(15)7-5(13)2-4(3-10)6(14-7)8(11)12/h2,8H,3,13H2,1H3. The molecule has 1 rings (SSSR count). The largest absolute Gasteiger partial charge is 0.464 e. The van der Waals surface area contributed by atoms with E-state index < -0.39 is 18.1 Å². The first-order valence-electron chi connectivity index (χ1n) is 4.23. The molecule has 0 saturated heterocycles. The van der Waals surface area contributed by atoms with Crippen LogP contribution in [0.2, 0.25) is 0 Å². The van der Waals surface area contributed by atoms with Crippen molar-refractivity contribution in [2.75, 3.05) is 12.8 Å². The minimum absolute atomic E-state index is 0.0192. The molecule has 0 fully saturated rings. The Hall–Kier alpha value is -1.24. The van der Waals surface area contributed by atoms with Crippen LogP contribution in [0.15, 0.2) is 6.07 Å². The van der Waals surface area contributed by atoms with Gasteiger partial charge in [0.15, 0.2) is 5.69 Å². The van der Waals surface area contributed by atoms with Gasteiger partial charge in [-0.05, 0) is 11.6 Å². The minimum Gasteiger partial charge on any atom is -0.464 e. The Kier molecular flexibility index (Phi) is 4.17. The summed E-state index contributed by atoms with van der Waals surface area (Å²) in [6, 6.07) is 1.29. The Morgan fingerprint density at radius 3 is 2.75 bits per heavy atom. The van der Waals surface area contributed by atoms with Crippen LogP contribution in [0.5, 0.6) is 0 Å². The van der Waals surface area contributed by atoms with Crippen molar-refractivity contribution in [2.45, 2.75) is 11.8 Å². The Morgan fingerprint density at radius 2 is 2.31 bits per heavy atom. The lowest BCUT2D eigenvalue weighted by molar-refractivity contribution is 0.0593. The number of pyridine rings is 1. The van der Waals surface area contributed by atoms with Gasteiger partial charge >= 0.3 is 5.97 Å². The summed E-state index contributed by atoms with van der Waals surface area (Å²) in [6.07, 6.45) is -2.77. The van der Waals surface area contributed by atoms with E-state index in [1.54, 1.807) is 0 Å². The van der Waals surface area contributed by atoms with E-state index in [2.05, 4.69) is 25.7 Å². The lowest BCUT2D eigenvalue weighted by Gasteiger charge is -2.09. The van der Waals surface area contributed by atoms with Crippen molar-refractivity contribution in [3.05, 3.63) is 23.0 Å². The molecule has 4 nitrogen and oxygen atoms in total. The van der Waals surface area contributed by atoms with Crippen LogP contribution in [-0.4, -0.2) is 18.1 Å². The Morgan fingerprint density at radius 1 is 1.69 bits per heavy atom. The smallest absolute Gasteiger partial charge is 0.358 e. The molecular formula is C9H9BrF2N2O2. The topological polar surface area (TPSA) is 65.2 Å². The zero-order valence-corrected chi connectivity index (χ0v) is 9.92. The molecule has 0 saturated carbocycles. The first kappa shape index (κ1) is 12.8. The van der Waals surface area contributed by atoms with Crippen LogP contribution in [0, 0.1) is 0 Å². The predicted octanol–water partition coefficient (Wildman–Crippen LogP) is 2.28. The number of aromatic nitrogens is 1. The number of rotatable bonds is 3. The van der Waals surface area contributed by atoms with E-state index >= 15 is 0 Å². The number of halogens is 3. The number of ether oxygens (including phenoxy) is 1. The van der Waals surface area contributed by atoms with Gasteiger partial charge in [0.05, 0.1) is 12.8 Å². The summed E-state index contributed by atoms with van der Waals surface area (Å²) in [7, 11) is 1.13. The first-order valence-corrected chi connectivity index (χ1v) is 5.35. The van der Waals surface area contributed by atoms with Gasteiger partial charge in [0.2, 0.25) is 0 Å². The summed E-state index contributed by atoms with van der Waals surface area (Å²) in [5, 5.41) is 0.186. The van der Waals surface area contributed by atoms with Crippen molar-refractivity contribution in [1.29, 1.82) is 0 Å². The molecule has 0 unspecified atom stereocenters. The van der Waals surface area contributed by atoms with E-state index in [1.165, 1.54) is 6.07 Å².